The van der Waals surface area contributed by atoms with Crippen molar-refractivity contribution in [2.24, 2.45) is 0 Å². The third-order valence-electron chi connectivity index (χ3n) is 8.95. The molecule has 9 rings (SSSR count). The van der Waals surface area contributed by atoms with Crippen molar-refractivity contribution in [2.75, 3.05) is 39.6 Å². The molecule has 6 aromatic heterocycles. The molecule has 286 valence electrons. The van der Waals surface area contributed by atoms with Gasteiger partial charge in [-0.2, -0.15) is 0 Å². The van der Waals surface area contributed by atoms with E-state index in [0.29, 0.717) is 62.6 Å². The van der Waals surface area contributed by atoms with Crippen molar-refractivity contribution in [1.82, 2.24) is 0 Å². The lowest BCUT2D eigenvalue weighted by molar-refractivity contribution is 0.0754. The van der Waals surface area contributed by atoms with E-state index in [4.69, 9.17) is 23.7 Å². The Morgan fingerprint density at radius 1 is 0.368 bits per heavy atom. The van der Waals surface area contributed by atoms with Crippen LogP contribution in [0.2, 0.25) is 0 Å². The predicted molar refractivity (Wildman–Crippen MR) is 245 cm³/mol. The molecule has 8 aromatic rings. The van der Waals surface area contributed by atoms with E-state index < -0.39 is 0 Å². The average Bonchev–Trinajstić information content (AvgIpc) is 4.07. The minimum atomic E-state index is 0.337. The van der Waals surface area contributed by atoms with Crippen LogP contribution in [0.25, 0.3) is 63.3 Å². The first kappa shape index (κ1) is 37.8. The molecule has 0 atom stereocenters. The zero-order valence-corrected chi connectivity index (χ0v) is 35.5. The van der Waals surface area contributed by atoms with E-state index >= 15 is 0 Å². The number of thiophene rings is 6. The van der Waals surface area contributed by atoms with Crippen LogP contribution in [-0.2, 0) is 4.74 Å². The monoisotopic (exact) mass is 860 g/mol. The van der Waals surface area contributed by atoms with Gasteiger partial charge in [-0.15, -0.1) is 68.0 Å². The maximum absolute atomic E-state index is 6.23. The van der Waals surface area contributed by atoms with Gasteiger partial charge in [-0.3, -0.25) is 0 Å². The molecule has 5 nitrogen and oxygen atoms in total. The van der Waals surface area contributed by atoms with Crippen LogP contribution in [0.15, 0.2) is 119 Å². The van der Waals surface area contributed by atoms with Crippen molar-refractivity contribution in [2.45, 2.75) is 0 Å². The minimum Gasteiger partial charge on any atom is -0.487 e. The van der Waals surface area contributed by atoms with Gasteiger partial charge >= 0.3 is 0 Å². The number of hydrogen-bond acceptors (Lipinski definition) is 11. The lowest BCUT2D eigenvalue weighted by Crippen LogP contribution is -2.12. The Kier molecular flexibility index (Phi) is 12.1. The van der Waals surface area contributed by atoms with Crippen molar-refractivity contribution >= 4 is 92.3 Å². The summed E-state index contributed by atoms with van der Waals surface area (Å²) >= 11 is 10.7. The van der Waals surface area contributed by atoms with Crippen molar-refractivity contribution in [3.05, 3.63) is 141 Å². The van der Waals surface area contributed by atoms with Gasteiger partial charge in [0.15, 0.2) is 23.0 Å². The van der Waals surface area contributed by atoms with Crippen LogP contribution in [-0.4, -0.2) is 39.6 Å². The summed E-state index contributed by atoms with van der Waals surface area (Å²) in [6, 6.07) is 33.8. The van der Waals surface area contributed by atoms with Gasteiger partial charge in [-0.05, 0) is 104 Å². The quantitative estimate of drug-likeness (QED) is 0.152. The molecule has 0 fully saturated rings. The smallest absolute Gasteiger partial charge is 0.161 e. The fourth-order valence-electron chi connectivity index (χ4n) is 6.26. The molecule has 1 aliphatic heterocycles. The number of fused-ring (bicyclic) bond motifs is 2. The summed E-state index contributed by atoms with van der Waals surface area (Å²) in [5, 5.41) is 8.52. The fourth-order valence-corrected chi connectivity index (χ4v) is 12.0. The summed E-state index contributed by atoms with van der Waals surface area (Å²) in [7, 11) is 0. The van der Waals surface area contributed by atoms with Gasteiger partial charge in [0, 0.05) is 29.3 Å². The van der Waals surface area contributed by atoms with Gasteiger partial charge in [0.2, 0.25) is 0 Å². The van der Waals surface area contributed by atoms with Gasteiger partial charge in [-0.25, -0.2) is 0 Å². The van der Waals surface area contributed by atoms with E-state index in [0.717, 1.165) is 11.1 Å². The van der Waals surface area contributed by atoms with Crippen molar-refractivity contribution in [1.29, 1.82) is 0 Å². The molecule has 0 N–H and O–H groups in total. The maximum atomic E-state index is 6.23. The molecule has 11 heteroatoms. The lowest BCUT2D eigenvalue weighted by atomic mass is 10.1. The first-order valence-electron chi connectivity index (χ1n) is 18.4. The van der Waals surface area contributed by atoms with Crippen LogP contribution >= 0.6 is 68.0 Å². The SMILES string of the molecule is C(=C\c1cc(-c2cccs2)sc1-c1cccs1)/c1ccc2c(c1)OCCOCCOc1cc(/C=C/c3cc(-c4cccs4)sc3-c3cccs3)ccc1OCCO2. The Morgan fingerprint density at radius 3 is 1.19 bits per heavy atom. The molecule has 7 heterocycles. The normalized spacial score (nSPS) is 13.9. The molecule has 0 aliphatic carbocycles. The number of rotatable bonds is 8. The average molecular weight is 861 g/mol. The van der Waals surface area contributed by atoms with E-state index in [9.17, 15) is 0 Å². The van der Waals surface area contributed by atoms with Crippen LogP contribution in [0.3, 0.4) is 0 Å². The molecule has 0 saturated heterocycles. The topological polar surface area (TPSA) is 46.2 Å². The molecule has 1 aliphatic rings. The Bertz CT molecular complexity index is 2380. The predicted octanol–water partition coefficient (Wildman–Crippen LogP) is 14.3. The highest BCUT2D eigenvalue weighted by Gasteiger charge is 2.15. The highest BCUT2D eigenvalue weighted by atomic mass is 32.1. The minimum absolute atomic E-state index is 0.337. The van der Waals surface area contributed by atoms with Gasteiger partial charge in [0.1, 0.15) is 26.4 Å². The van der Waals surface area contributed by atoms with Crippen molar-refractivity contribution < 1.29 is 23.7 Å². The first-order valence-corrected chi connectivity index (χ1v) is 23.5. The first-order chi connectivity index (χ1) is 28.2. The van der Waals surface area contributed by atoms with Crippen molar-refractivity contribution in [3.8, 4) is 62.0 Å². The molecule has 2 aromatic carbocycles. The number of hydrogen-bond donors (Lipinski definition) is 0. The Morgan fingerprint density at radius 2 is 0.772 bits per heavy atom. The van der Waals surface area contributed by atoms with Crippen LogP contribution in [0.5, 0.6) is 23.0 Å². The fraction of sp³-hybridized carbons (Fsp3) is 0.130. The van der Waals surface area contributed by atoms with E-state index in [1.165, 1.54) is 50.1 Å². The molecule has 0 bridgehead atoms. The summed E-state index contributed by atoms with van der Waals surface area (Å²) in [5.41, 5.74) is 4.43. The Hall–Kier alpha value is -4.72. The summed E-state index contributed by atoms with van der Waals surface area (Å²) in [4.78, 5) is 10.2. The third-order valence-corrected chi connectivity index (χ3v) is 15.5. The molecular formula is C46H36O5S6. The van der Waals surface area contributed by atoms with Gasteiger partial charge in [0.25, 0.3) is 0 Å². The summed E-state index contributed by atoms with van der Waals surface area (Å²) < 4.78 is 30.8. The van der Waals surface area contributed by atoms with Gasteiger partial charge in [0.05, 0.1) is 23.0 Å². The van der Waals surface area contributed by atoms with E-state index in [-0.39, 0.29) is 0 Å². The third kappa shape index (κ3) is 9.21. The number of benzene rings is 2. The van der Waals surface area contributed by atoms with E-state index in [2.05, 4.69) is 119 Å². The maximum Gasteiger partial charge on any atom is 0.161 e. The van der Waals surface area contributed by atoms with Gasteiger partial charge < -0.3 is 23.7 Å². The van der Waals surface area contributed by atoms with E-state index in [1.807, 2.05) is 46.9 Å². The molecule has 57 heavy (non-hydrogen) atoms. The van der Waals surface area contributed by atoms with E-state index in [1.54, 1.807) is 45.3 Å². The van der Waals surface area contributed by atoms with Crippen LogP contribution in [0, 0.1) is 0 Å². The Labute approximate surface area is 356 Å². The van der Waals surface area contributed by atoms with Crippen LogP contribution < -0.4 is 18.9 Å². The highest BCUT2D eigenvalue weighted by Crippen LogP contribution is 2.44. The van der Waals surface area contributed by atoms with Crippen LogP contribution in [0.4, 0.5) is 0 Å². The number of ether oxygens (including phenoxy) is 5. The lowest BCUT2D eigenvalue weighted by Gasteiger charge is -2.15. The molecule has 0 amide bonds. The molecule has 0 spiro atoms. The summed E-state index contributed by atoms with van der Waals surface area (Å²) in [5.74, 6) is 2.66. The highest BCUT2D eigenvalue weighted by molar-refractivity contribution is 7.26. The molecule has 0 unspecified atom stereocenters. The second-order valence-electron chi connectivity index (χ2n) is 12.8. The molecule has 0 saturated carbocycles. The molecular weight excluding hydrogens is 825 g/mol. The second kappa shape index (κ2) is 18.3. The second-order valence-corrected chi connectivity index (χ2v) is 18.7. The zero-order valence-electron chi connectivity index (χ0n) is 30.6. The van der Waals surface area contributed by atoms with Gasteiger partial charge in [-0.1, -0.05) is 60.7 Å². The zero-order chi connectivity index (χ0) is 38.2. The summed E-state index contributed by atoms with van der Waals surface area (Å²) in [6.45, 7) is 2.27. The Balaban J connectivity index is 0.896. The summed E-state index contributed by atoms with van der Waals surface area (Å²) in [6.07, 6.45) is 8.67. The van der Waals surface area contributed by atoms with Crippen molar-refractivity contribution in [3.63, 3.8) is 0 Å². The molecule has 0 radical (unpaired) electrons. The standard InChI is InChI=1S/C46H36O5S6/c1-5-39(52-23-1)43-29-33(45(56-43)41-7-3-25-54-41)13-9-31-11-15-35-37(27-31)50-19-17-47-18-20-51-38-28-32(12-16-36(38)49-22-21-48-35)10-14-34-30-44(40-6-2-24-53-40)57-46(34)42-8-4-26-55-42/h1-16,23-30H,17-22H2/b13-9+,14-10+. The van der Waals surface area contributed by atoms with Crippen LogP contribution in [0.1, 0.15) is 22.3 Å². The largest absolute Gasteiger partial charge is 0.487 e.